The van der Waals surface area contributed by atoms with Gasteiger partial charge in [0.2, 0.25) is 0 Å². The van der Waals surface area contributed by atoms with E-state index < -0.39 is 11.7 Å². The van der Waals surface area contributed by atoms with E-state index in [0.29, 0.717) is 10.3 Å². The van der Waals surface area contributed by atoms with Crippen LogP contribution in [0.15, 0.2) is 41.1 Å². The number of nitrogens with two attached hydrogens (primary N) is 1. The van der Waals surface area contributed by atoms with Gasteiger partial charge in [-0.1, -0.05) is 0 Å². The summed E-state index contributed by atoms with van der Waals surface area (Å²) in [6, 6.07) is 7.04. The van der Waals surface area contributed by atoms with E-state index in [0.717, 1.165) is 12.1 Å². The molecule has 1 amide bonds. The van der Waals surface area contributed by atoms with Crippen molar-refractivity contribution in [3.8, 4) is 0 Å². The molecule has 1 aromatic heterocycles. The van der Waals surface area contributed by atoms with Crippen molar-refractivity contribution in [3.63, 3.8) is 0 Å². The molecule has 0 aliphatic heterocycles. The van der Waals surface area contributed by atoms with E-state index in [9.17, 15) is 9.18 Å². The van der Waals surface area contributed by atoms with Crippen LogP contribution >= 0.6 is 15.9 Å². The highest BCUT2D eigenvalue weighted by molar-refractivity contribution is 9.10. The normalized spacial score (nSPS) is 10.1. The lowest BCUT2D eigenvalue weighted by Gasteiger charge is -2.07. The summed E-state index contributed by atoms with van der Waals surface area (Å²) in [6.07, 6.45) is 1.58. The predicted molar refractivity (Wildman–Crippen MR) is 70.7 cm³/mol. The van der Waals surface area contributed by atoms with Gasteiger partial charge in [-0.15, -0.1) is 0 Å². The third kappa shape index (κ3) is 2.84. The number of benzene rings is 1. The molecule has 0 aliphatic rings. The summed E-state index contributed by atoms with van der Waals surface area (Å²) in [7, 11) is 0. The first-order chi connectivity index (χ1) is 8.56. The zero-order chi connectivity index (χ0) is 13.1. The number of pyridine rings is 1. The van der Waals surface area contributed by atoms with E-state index in [2.05, 4.69) is 26.2 Å². The Kier molecular flexibility index (Phi) is 3.57. The van der Waals surface area contributed by atoms with E-state index in [-0.39, 0.29) is 11.3 Å². The second kappa shape index (κ2) is 5.14. The highest BCUT2D eigenvalue weighted by Crippen LogP contribution is 2.20. The molecule has 4 nitrogen and oxygen atoms in total. The Balaban J connectivity index is 2.25. The minimum Gasteiger partial charge on any atom is -0.399 e. The number of amides is 1. The number of anilines is 2. The Hall–Kier alpha value is -1.95. The van der Waals surface area contributed by atoms with Crippen molar-refractivity contribution in [3.05, 3.63) is 52.5 Å². The molecule has 1 aromatic carbocycles. The van der Waals surface area contributed by atoms with Crippen molar-refractivity contribution in [1.82, 2.24) is 4.98 Å². The number of halogens is 2. The summed E-state index contributed by atoms with van der Waals surface area (Å²) < 4.78 is 13.6. The van der Waals surface area contributed by atoms with Gasteiger partial charge < -0.3 is 11.1 Å². The number of carbonyl (C=O) groups excluding carboxylic acids is 1. The molecule has 0 atom stereocenters. The molecule has 0 saturated carbocycles. The molecule has 0 radical (unpaired) electrons. The van der Waals surface area contributed by atoms with Crippen LogP contribution in [0, 0.1) is 5.82 Å². The van der Waals surface area contributed by atoms with Crippen LogP contribution in [0.4, 0.5) is 15.8 Å². The van der Waals surface area contributed by atoms with Crippen LogP contribution in [0.2, 0.25) is 0 Å². The molecule has 0 aliphatic carbocycles. The van der Waals surface area contributed by atoms with Crippen LogP contribution in [-0.2, 0) is 0 Å². The van der Waals surface area contributed by atoms with E-state index in [4.69, 9.17) is 5.73 Å². The van der Waals surface area contributed by atoms with Gasteiger partial charge in [0.05, 0.1) is 5.69 Å². The standard InChI is InChI=1S/C12H9BrFN3O/c13-11-10(2-1-3-16-11)17-12(18)7-4-8(14)6-9(15)5-7/h1-6H,15H2,(H,17,18). The van der Waals surface area contributed by atoms with Crippen LogP contribution in [0.3, 0.4) is 0 Å². The molecule has 0 unspecified atom stereocenters. The number of rotatable bonds is 2. The van der Waals surface area contributed by atoms with Crippen LogP contribution < -0.4 is 11.1 Å². The van der Waals surface area contributed by atoms with Crippen molar-refractivity contribution < 1.29 is 9.18 Å². The third-order valence-electron chi connectivity index (χ3n) is 2.19. The molecule has 92 valence electrons. The minimum absolute atomic E-state index is 0.156. The van der Waals surface area contributed by atoms with Gasteiger partial charge in [0.25, 0.3) is 5.91 Å². The number of hydrogen-bond acceptors (Lipinski definition) is 3. The molecule has 3 N–H and O–H groups in total. The smallest absolute Gasteiger partial charge is 0.255 e. The van der Waals surface area contributed by atoms with Gasteiger partial charge in [0.1, 0.15) is 10.4 Å². The molecular formula is C12H9BrFN3O. The third-order valence-corrected chi connectivity index (χ3v) is 2.82. The summed E-state index contributed by atoms with van der Waals surface area (Å²) in [5, 5.41) is 2.61. The fraction of sp³-hybridized carbons (Fsp3) is 0. The van der Waals surface area contributed by atoms with Gasteiger partial charge in [-0.05, 0) is 46.3 Å². The largest absolute Gasteiger partial charge is 0.399 e. The highest BCUT2D eigenvalue weighted by atomic mass is 79.9. The summed E-state index contributed by atoms with van der Waals surface area (Å²) in [6.45, 7) is 0. The first-order valence-corrected chi connectivity index (χ1v) is 5.83. The number of hydrogen-bond donors (Lipinski definition) is 2. The zero-order valence-electron chi connectivity index (χ0n) is 9.15. The summed E-state index contributed by atoms with van der Waals surface area (Å²) in [5.74, 6) is -1.000. The Bertz CT molecular complexity index is 583. The first-order valence-electron chi connectivity index (χ1n) is 5.04. The zero-order valence-corrected chi connectivity index (χ0v) is 10.7. The lowest BCUT2D eigenvalue weighted by molar-refractivity contribution is 0.102. The van der Waals surface area contributed by atoms with Gasteiger partial charge in [-0.2, -0.15) is 0 Å². The van der Waals surface area contributed by atoms with Gasteiger partial charge in [0, 0.05) is 17.4 Å². The Morgan fingerprint density at radius 3 is 2.83 bits per heavy atom. The monoisotopic (exact) mass is 309 g/mol. The second-order valence-corrected chi connectivity index (χ2v) is 4.32. The number of nitrogen functional groups attached to an aromatic ring is 1. The van der Waals surface area contributed by atoms with Gasteiger partial charge in [-0.3, -0.25) is 4.79 Å². The maximum Gasteiger partial charge on any atom is 0.255 e. The Labute approximate surface area is 111 Å². The van der Waals surface area contributed by atoms with Gasteiger partial charge >= 0.3 is 0 Å². The summed E-state index contributed by atoms with van der Waals surface area (Å²) in [4.78, 5) is 15.9. The molecule has 6 heteroatoms. The lowest BCUT2D eigenvalue weighted by Crippen LogP contribution is -2.13. The van der Waals surface area contributed by atoms with Crippen LogP contribution in [0.5, 0.6) is 0 Å². The van der Waals surface area contributed by atoms with E-state index >= 15 is 0 Å². The second-order valence-electron chi connectivity index (χ2n) is 3.57. The number of carbonyl (C=O) groups is 1. The van der Waals surface area contributed by atoms with Crippen LogP contribution in [0.1, 0.15) is 10.4 Å². The van der Waals surface area contributed by atoms with Crippen LogP contribution in [-0.4, -0.2) is 10.9 Å². The Morgan fingerprint density at radius 2 is 2.17 bits per heavy atom. The van der Waals surface area contributed by atoms with Crippen LogP contribution in [0.25, 0.3) is 0 Å². The first kappa shape index (κ1) is 12.5. The molecular weight excluding hydrogens is 301 g/mol. The van der Waals surface area contributed by atoms with Crippen molar-refractivity contribution in [2.75, 3.05) is 11.1 Å². The quantitative estimate of drug-likeness (QED) is 0.662. The molecule has 18 heavy (non-hydrogen) atoms. The maximum atomic E-state index is 13.1. The highest BCUT2D eigenvalue weighted by Gasteiger charge is 2.10. The SMILES string of the molecule is Nc1cc(F)cc(C(=O)Nc2cccnc2Br)c1. The average molecular weight is 310 g/mol. The van der Waals surface area contributed by atoms with E-state index in [1.165, 1.54) is 6.07 Å². The number of nitrogens with one attached hydrogen (secondary N) is 1. The maximum absolute atomic E-state index is 13.1. The van der Waals surface area contributed by atoms with E-state index in [1.54, 1.807) is 18.3 Å². The fourth-order valence-electron chi connectivity index (χ4n) is 1.42. The molecule has 1 heterocycles. The molecule has 2 aromatic rings. The lowest BCUT2D eigenvalue weighted by atomic mass is 10.2. The summed E-state index contributed by atoms with van der Waals surface area (Å²) >= 11 is 3.20. The molecule has 0 bridgehead atoms. The van der Waals surface area contributed by atoms with Gasteiger partial charge in [-0.25, -0.2) is 9.37 Å². The predicted octanol–water partition coefficient (Wildman–Crippen LogP) is 2.82. The summed E-state index contributed by atoms with van der Waals surface area (Å²) in [5.41, 5.74) is 6.34. The molecule has 0 saturated heterocycles. The number of aromatic nitrogens is 1. The van der Waals surface area contributed by atoms with Gasteiger partial charge in [0.15, 0.2) is 0 Å². The molecule has 0 fully saturated rings. The topological polar surface area (TPSA) is 68.0 Å². The number of nitrogens with zero attached hydrogens (tertiary/aromatic N) is 1. The van der Waals surface area contributed by atoms with Crippen molar-refractivity contribution in [2.24, 2.45) is 0 Å². The Morgan fingerprint density at radius 1 is 1.39 bits per heavy atom. The molecule has 2 rings (SSSR count). The molecule has 0 spiro atoms. The van der Waals surface area contributed by atoms with Crippen molar-refractivity contribution in [1.29, 1.82) is 0 Å². The minimum atomic E-state index is -0.551. The van der Waals surface area contributed by atoms with Crippen molar-refractivity contribution >= 4 is 33.2 Å². The van der Waals surface area contributed by atoms with Crippen molar-refractivity contribution in [2.45, 2.75) is 0 Å². The van der Waals surface area contributed by atoms with E-state index in [1.807, 2.05) is 0 Å². The average Bonchev–Trinajstić information content (AvgIpc) is 2.31. The fourth-order valence-corrected chi connectivity index (χ4v) is 1.77.